The second kappa shape index (κ2) is 8.05. The number of carbonyl (C=O) groups excluding carboxylic acids is 2. The molecule has 6 nitrogen and oxygen atoms in total. The van der Waals surface area contributed by atoms with Crippen molar-refractivity contribution in [1.82, 2.24) is 15.2 Å². The van der Waals surface area contributed by atoms with Gasteiger partial charge in [-0.2, -0.15) is 0 Å². The maximum Gasteiger partial charge on any atom is 0.322 e. The van der Waals surface area contributed by atoms with Crippen LogP contribution in [0.2, 0.25) is 5.02 Å². The minimum atomic E-state index is -0.235. The topological polar surface area (TPSA) is 74.3 Å². The Labute approximate surface area is 161 Å². The zero-order chi connectivity index (χ0) is 18.7. The molecule has 0 bridgehead atoms. The van der Waals surface area contributed by atoms with Gasteiger partial charge in [-0.1, -0.05) is 17.7 Å². The molecule has 0 radical (unpaired) electrons. The van der Waals surface area contributed by atoms with Crippen molar-refractivity contribution in [2.75, 3.05) is 5.32 Å². The van der Waals surface area contributed by atoms with E-state index in [0.717, 1.165) is 17.8 Å². The number of amides is 3. The number of carbonyl (C=O) groups is 2. The predicted molar refractivity (Wildman–Crippen MR) is 104 cm³/mol. The van der Waals surface area contributed by atoms with Gasteiger partial charge in [-0.05, 0) is 44.9 Å². The third-order valence-electron chi connectivity index (χ3n) is 3.96. The van der Waals surface area contributed by atoms with Crippen LogP contribution < -0.4 is 10.6 Å². The Kier molecular flexibility index (Phi) is 5.78. The number of anilines is 1. The Hall–Kier alpha value is -2.12. The number of nitrogens with one attached hydrogen (secondary N) is 2. The molecule has 1 heterocycles. The summed E-state index contributed by atoms with van der Waals surface area (Å²) < 4.78 is 0. The normalized spacial score (nSPS) is 13.5. The first-order chi connectivity index (χ1) is 12.4. The van der Waals surface area contributed by atoms with Gasteiger partial charge in [0.1, 0.15) is 10.7 Å². The van der Waals surface area contributed by atoms with Gasteiger partial charge in [0.05, 0.1) is 6.54 Å². The van der Waals surface area contributed by atoms with Gasteiger partial charge >= 0.3 is 6.03 Å². The van der Waals surface area contributed by atoms with E-state index in [2.05, 4.69) is 15.6 Å². The van der Waals surface area contributed by atoms with Crippen molar-refractivity contribution in [2.24, 2.45) is 0 Å². The lowest BCUT2D eigenvalue weighted by Gasteiger charge is -2.26. The summed E-state index contributed by atoms with van der Waals surface area (Å²) in [5.41, 5.74) is 1.05. The van der Waals surface area contributed by atoms with Crippen molar-refractivity contribution >= 4 is 40.6 Å². The van der Waals surface area contributed by atoms with Gasteiger partial charge in [0.15, 0.2) is 0 Å². The number of nitrogens with zero attached hydrogens (tertiary/aromatic N) is 2. The highest BCUT2D eigenvalue weighted by Gasteiger charge is 2.25. The highest BCUT2D eigenvalue weighted by atomic mass is 35.5. The summed E-state index contributed by atoms with van der Waals surface area (Å²) in [6.07, 6.45) is 2.07. The molecule has 26 heavy (non-hydrogen) atoms. The summed E-state index contributed by atoms with van der Waals surface area (Å²) in [7, 11) is 0. The summed E-state index contributed by atoms with van der Waals surface area (Å²) in [4.78, 5) is 30.7. The standard InChI is InChI=1S/C18H21ClN4O2S/c1-11(2)23(18(25)21-14-5-3-4-12(19)8-14)9-16-22-15(10-26-16)17(24)20-13-6-7-13/h3-5,8,10-11,13H,6-7,9H2,1-2H3,(H,20,24)(H,21,25). The molecular formula is C18H21ClN4O2S. The smallest absolute Gasteiger partial charge is 0.322 e. The van der Waals surface area contributed by atoms with Crippen LogP contribution in [0.4, 0.5) is 10.5 Å². The van der Waals surface area contributed by atoms with E-state index in [-0.39, 0.29) is 18.0 Å². The zero-order valence-corrected chi connectivity index (χ0v) is 16.2. The summed E-state index contributed by atoms with van der Waals surface area (Å²) in [5.74, 6) is -0.144. The summed E-state index contributed by atoms with van der Waals surface area (Å²) in [6, 6.07) is 7.05. The molecule has 8 heteroatoms. The third-order valence-corrected chi connectivity index (χ3v) is 5.03. The molecule has 1 aromatic carbocycles. The number of thiazole rings is 1. The maximum absolute atomic E-state index is 12.6. The lowest BCUT2D eigenvalue weighted by Crippen LogP contribution is -2.39. The molecule has 0 spiro atoms. The number of hydrogen-bond acceptors (Lipinski definition) is 4. The van der Waals surface area contributed by atoms with Crippen molar-refractivity contribution in [3.8, 4) is 0 Å². The third kappa shape index (κ3) is 4.95. The molecule has 1 saturated carbocycles. The SMILES string of the molecule is CC(C)N(Cc1nc(C(=O)NC2CC2)cs1)C(=O)Nc1cccc(Cl)c1. The number of benzene rings is 1. The number of urea groups is 1. The molecule has 0 saturated heterocycles. The van der Waals surface area contributed by atoms with E-state index in [1.807, 2.05) is 13.8 Å². The summed E-state index contributed by atoms with van der Waals surface area (Å²) in [5, 5.41) is 8.79. The first-order valence-corrected chi connectivity index (χ1v) is 9.76. The van der Waals surface area contributed by atoms with Crippen LogP contribution in [0.3, 0.4) is 0 Å². The van der Waals surface area contributed by atoms with Gasteiger partial charge in [-0.25, -0.2) is 9.78 Å². The molecule has 2 aromatic rings. The Bertz CT molecular complexity index is 804. The molecule has 3 rings (SSSR count). The Balaban J connectivity index is 1.65. The zero-order valence-electron chi connectivity index (χ0n) is 14.7. The van der Waals surface area contributed by atoms with E-state index in [4.69, 9.17) is 11.6 Å². The van der Waals surface area contributed by atoms with Crippen LogP contribution in [-0.2, 0) is 6.54 Å². The number of hydrogen-bond donors (Lipinski definition) is 2. The van der Waals surface area contributed by atoms with Crippen LogP contribution >= 0.6 is 22.9 Å². The molecule has 1 aromatic heterocycles. The average Bonchev–Trinajstić information content (AvgIpc) is 3.26. The monoisotopic (exact) mass is 392 g/mol. The van der Waals surface area contributed by atoms with E-state index in [9.17, 15) is 9.59 Å². The molecule has 0 atom stereocenters. The van der Waals surface area contributed by atoms with Crippen molar-refractivity contribution in [2.45, 2.75) is 45.3 Å². The van der Waals surface area contributed by atoms with Gasteiger partial charge in [-0.3, -0.25) is 4.79 Å². The van der Waals surface area contributed by atoms with Crippen molar-refractivity contribution in [1.29, 1.82) is 0 Å². The van der Waals surface area contributed by atoms with E-state index in [1.54, 1.807) is 34.5 Å². The second-order valence-corrected chi connectivity index (χ2v) is 7.92. The number of halogens is 1. The first kappa shape index (κ1) is 18.7. The van der Waals surface area contributed by atoms with E-state index < -0.39 is 0 Å². The van der Waals surface area contributed by atoms with Crippen LogP contribution in [0.15, 0.2) is 29.6 Å². The van der Waals surface area contributed by atoms with Crippen molar-refractivity contribution in [3.05, 3.63) is 45.4 Å². The van der Waals surface area contributed by atoms with Gasteiger partial charge in [-0.15, -0.1) is 11.3 Å². The fourth-order valence-corrected chi connectivity index (χ4v) is 3.33. The Morgan fingerprint density at radius 1 is 1.38 bits per heavy atom. The molecule has 1 aliphatic carbocycles. The summed E-state index contributed by atoms with van der Waals surface area (Å²) >= 11 is 7.34. The molecule has 2 N–H and O–H groups in total. The summed E-state index contributed by atoms with van der Waals surface area (Å²) in [6.45, 7) is 4.21. The molecule has 0 aliphatic heterocycles. The first-order valence-electron chi connectivity index (χ1n) is 8.51. The van der Waals surface area contributed by atoms with Crippen molar-refractivity contribution < 1.29 is 9.59 Å². The Morgan fingerprint density at radius 3 is 2.81 bits per heavy atom. The second-order valence-electron chi connectivity index (χ2n) is 6.54. The molecule has 138 valence electrons. The van der Waals surface area contributed by atoms with Crippen LogP contribution in [0.5, 0.6) is 0 Å². The van der Waals surface area contributed by atoms with Crippen LogP contribution in [0.1, 0.15) is 42.2 Å². The number of aromatic nitrogens is 1. The van der Waals surface area contributed by atoms with Gasteiger partial charge in [0, 0.05) is 28.2 Å². The minimum Gasteiger partial charge on any atom is -0.348 e. The maximum atomic E-state index is 12.6. The highest BCUT2D eigenvalue weighted by molar-refractivity contribution is 7.09. The molecule has 1 aliphatic rings. The van der Waals surface area contributed by atoms with Crippen LogP contribution in [0.25, 0.3) is 0 Å². The van der Waals surface area contributed by atoms with Gasteiger partial charge in [0.2, 0.25) is 0 Å². The fraction of sp³-hybridized carbons (Fsp3) is 0.389. The molecular weight excluding hydrogens is 372 g/mol. The minimum absolute atomic E-state index is 0.0261. The Morgan fingerprint density at radius 2 is 2.15 bits per heavy atom. The average molecular weight is 393 g/mol. The quantitative estimate of drug-likeness (QED) is 0.776. The fourth-order valence-electron chi connectivity index (χ4n) is 2.37. The highest BCUT2D eigenvalue weighted by Crippen LogP contribution is 2.21. The van der Waals surface area contributed by atoms with E-state index in [0.29, 0.717) is 29.0 Å². The largest absolute Gasteiger partial charge is 0.348 e. The lowest BCUT2D eigenvalue weighted by atomic mass is 10.3. The predicted octanol–water partition coefficient (Wildman–Crippen LogP) is 4.13. The lowest BCUT2D eigenvalue weighted by molar-refractivity contribution is 0.0946. The van der Waals surface area contributed by atoms with Crippen LogP contribution in [-0.4, -0.2) is 33.9 Å². The van der Waals surface area contributed by atoms with E-state index in [1.165, 1.54) is 11.3 Å². The molecule has 0 unspecified atom stereocenters. The molecule has 3 amide bonds. The number of rotatable bonds is 6. The van der Waals surface area contributed by atoms with E-state index >= 15 is 0 Å². The molecule has 1 fully saturated rings. The van der Waals surface area contributed by atoms with Gasteiger partial charge < -0.3 is 15.5 Å². The van der Waals surface area contributed by atoms with Crippen LogP contribution in [0, 0.1) is 0 Å². The van der Waals surface area contributed by atoms with Crippen molar-refractivity contribution in [3.63, 3.8) is 0 Å². The van der Waals surface area contributed by atoms with Gasteiger partial charge in [0.25, 0.3) is 5.91 Å².